The van der Waals surface area contributed by atoms with Gasteiger partial charge in [0.25, 0.3) is 5.91 Å². The standard InChI is InChI=1S/C13H7BrCl2FNO2/c14-8-3-1-2-7(11(8)17)13(20)18-6-4-9(15)12(19)10(16)5-6/h1-5,19H,(H,18,20). The Bertz CT molecular complexity index is 671. The van der Waals surface area contributed by atoms with E-state index in [1.807, 2.05) is 0 Å². The van der Waals surface area contributed by atoms with Crippen LogP contribution in [0.3, 0.4) is 0 Å². The molecule has 0 bridgehead atoms. The molecule has 1 amide bonds. The molecule has 0 radical (unpaired) electrons. The fourth-order valence-corrected chi connectivity index (χ4v) is 2.37. The molecule has 0 aromatic heterocycles. The first kappa shape index (κ1) is 15.1. The third-order valence-electron chi connectivity index (χ3n) is 2.47. The number of hydrogen-bond donors (Lipinski definition) is 2. The van der Waals surface area contributed by atoms with Crippen LogP contribution in [-0.2, 0) is 0 Å². The Kier molecular flexibility index (Phi) is 4.52. The van der Waals surface area contributed by atoms with Gasteiger partial charge in [-0.05, 0) is 40.2 Å². The highest BCUT2D eigenvalue weighted by molar-refractivity contribution is 9.10. The highest BCUT2D eigenvalue weighted by Gasteiger charge is 2.15. The van der Waals surface area contributed by atoms with Crippen molar-refractivity contribution < 1.29 is 14.3 Å². The molecule has 104 valence electrons. The topological polar surface area (TPSA) is 49.3 Å². The second-order valence-corrected chi connectivity index (χ2v) is 5.51. The van der Waals surface area contributed by atoms with Crippen LogP contribution in [0.1, 0.15) is 10.4 Å². The van der Waals surface area contributed by atoms with Crippen molar-refractivity contribution in [1.29, 1.82) is 0 Å². The maximum Gasteiger partial charge on any atom is 0.258 e. The van der Waals surface area contributed by atoms with Crippen molar-refractivity contribution in [2.24, 2.45) is 0 Å². The van der Waals surface area contributed by atoms with E-state index in [9.17, 15) is 14.3 Å². The molecular weight excluding hydrogens is 372 g/mol. The van der Waals surface area contributed by atoms with Crippen molar-refractivity contribution in [3.63, 3.8) is 0 Å². The van der Waals surface area contributed by atoms with Gasteiger partial charge < -0.3 is 10.4 Å². The summed E-state index contributed by atoms with van der Waals surface area (Å²) >= 11 is 14.5. The number of rotatable bonds is 2. The van der Waals surface area contributed by atoms with E-state index in [2.05, 4.69) is 21.2 Å². The molecule has 0 aliphatic heterocycles. The number of anilines is 1. The van der Waals surface area contributed by atoms with Crippen LogP contribution in [-0.4, -0.2) is 11.0 Å². The summed E-state index contributed by atoms with van der Waals surface area (Å²) in [6.45, 7) is 0. The zero-order valence-corrected chi connectivity index (χ0v) is 12.9. The molecule has 3 nitrogen and oxygen atoms in total. The van der Waals surface area contributed by atoms with Crippen molar-refractivity contribution in [2.45, 2.75) is 0 Å². The minimum absolute atomic E-state index is 0.0116. The van der Waals surface area contributed by atoms with Crippen LogP contribution >= 0.6 is 39.1 Å². The van der Waals surface area contributed by atoms with Crippen LogP contribution in [0.15, 0.2) is 34.8 Å². The summed E-state index contributed by atoms with van der Waals surface area (Å²) in [7, 11) is 0. The molecule has 0 saturated heterocycles. The molecule has 0 fully saturated rings. The molecule has 2 rings (SSSR count). The summed E-state index contributed by atoms with van der Waals surface area (Å²) in [4.78, 5) is 12.0. The van der Waals surface area contributed by atoms with E-state index in [1.165, 1.54) is 24.3 Å². The largest absolute Gasteiger partial charge is 0.505 e. The Morgan fingerprint density at radius 2 is 1.85 bits per heavy atom. The normalized spacial score (nSPS) is 10.4. The summed E-state index contributed by atoms with van der Waals surface area (Å²) in [6.07, 6.45) is 0. The van der Waals surface area contributed by atoms with Crippen molar-refractivity contribution in [3.05, 3.63) is 56.2 Å². The van der Waals surface area contributed by atoms with Gasteiger partial charge in [0.1, 0.15) is 5.82 Å². The fraction of sp³-hybridized carbons (Fsp3) is 0. The average Bonchev–Trinajstić information content (AvgIpc) is 2.39. The number of hydrogen-bond acceptors (Lipinski definition) is 2. The highest BCUT2D eigenvalue weighted by Crippen LogP contribution is 2.34. The molecule has 2 aromatic rings. The van der Waals surface area contributed by atoms with Gasteiger partial charge in [0.15, 0.2) is 5.75 Å². The Hall–Kier alpha value is -1.30. The predicted octanol–water partition coefficient (Wildman–Crippen LogP) is 4.85. The molecule has 0 atom stereocenters. The number of benzene rings is 2. The zero-order chi connectivity index (χ0) is 14.9. The van der Waals surface area contributed by atoms with Crippen LogP contribution in [0.25, 0.3) is 0 Å². The number of aromatic hydroxyl groups is 1. The van der Waals surface area contributed by atoms with Crippen molar-refractivity contribution >= 4 is 50.7 Å². The van der Waals surface area contributed by atoms with Gasteiger partial charge in [-0.15, -0.1) is 0 Å². The minimum Gasteiger partial charge on any atom is -0.505 e. The molecule has 0 aliphatic rings. The van der Waals surface area contributed by atoms with Gasteiger partial charge in [0, 0.05) is 5.69 Å². The molecule has 2 aromatic carbocycles. The number of halogens is 4. The monoisotopic (exact) mass is 377 g/mol. The molecule has 0 aliphatic carbocycles. The quantitative estimate of drug-likeness (QED) is 0.733. The van der Waals surface area contributed by atoms with Gasteiger partial charge in [-0.1, -0.05) is 29.3 Å². The molecule has 0 saturated carbocycles. The smallest absolute Gasteiger partial charge is 0.258 e. The lowest BCUT2D eigenvalue weighted by Gasteiger charge is -2.09. The second-order valence-electron chi connectivity index (χ2n) is 3.84. The maximum absolute atomic E-state index is 13.8. The Labute approximate surface area is 132 Å². The number of nitrogens with one attached hydrogen (secondary N) is 1. The van der Waals surface area contributed by atoms with E-state index < -0.39 is 11.7 Å². The van der Waals surface area contributed by atoms with Gasteiger partial charge in [-0.2, -0.15) is 0 Å². The number of carbonyl (C=O) groups is 1. The SMILES string of the molecule is O=C(Nc1cc(Cl)c(O)c(Cl)c1)c1cccc(Br)c1F. The van der Waals surface area contributed by atoms with Crippen molar-refractivity contribution in [3.8, 4) is 5.75 Å². The number of phenolic OH excluding ortho intramolecular Hbond substituents is 1. The van der Waals surface area contributed by atoms with Gasteiger partial charge in [0.2, 0.25) is 0 Å². The van der Waals surface area contributed by atoms with E-state index in [1.54, 1.807) is 6.07 Å². The summed E-state index contributed by atoms with van der Waals surface area (Å²) in [5, 5.41) is 11.9. The highest BCUT2D eigenvalue weighted by atomic mass is 79.9. The third-order valence-corrected chi connectivity index (χ3v) is 3.66. The average molecular weight is 379 g/mol. The lowest BCUT2D eigenvalue weighted by molar-refractivity contribution is 0.102. The Balaban J connectivity index is 2.30. The summed E-state index contributed by atoms with van der Waals surface area (Å²) in [5.74, 6) is -1.59. The van der Waals surface area contributed by atoms with E-state index >= 15 is 0 Å². The van der Waals surface area contributed by atoms with Gasteiger partial charge in [-0.25, -0.2) is 4.39 Å². The molecule has 2 N–H and O–H groups in total. The molecular formula is C13H7BrCl2FNO2. The minimum atomic E-state index is -0.666. The molecule has 0 unspecified atom stereocenters. The number of amides is 1. The third kappa shape index (κ3) is 3.06. The van der Waals surface area contributed by atoms with Crippen LogP contribution < -0.4 is 5.32 Å². The molecule has 0 spiro atoms. The van der Waals surface area contributed by atoms with Gasteiger partial charge in [-0.3, -0.25) is 4.79 Å². The van der Waals surface area contributed by atoms with Gasteiger partial charge >= 0.3 is 0 Å². The first-order valence-corrected chi connectivity index (χ1v) is 6.88. The Morgan fingerprint density at radius 3 is 2.45 bits per heavy atom. The van der Waals surface area contributed by atoms with Gasteiger partial charge in [0.05, 0.1) is 20.1 Å². The summed E-state index contributed by atoms with van der Waals surface area (Å²) in [5.41, 5.74) is 0.127. The molecule has 20 heavy (non-hydrogen) atoms. The lowest BCUT2D eigenvalue weighted by atomic mass is 10.2. The lowest BCUT2D eigenvalue weighted by Crippen LogP contribution is -2.14. The van der Waals surface area contributed by atoms with Crippen LogP contribution in [0.5, 0.6) is 5.75 Å². The van der Waals surface area contributed by atoms with Crippen LogP contribution in [0, 0.1) is 5.82 Å². The Morgan fingerprint density at radius 1 is 1.25 bits per heavy atom. The first-order valence-electron chi connectivity index (χ1n) is 5.33. The van der Waals surface area contributed by atoms with Crippen molar-refractivity contribution in [1.82, 2.24) is 0 Å². The fourth-order valence-electron chi connectivity index (χ4n) is 1.52. The zero-order valence-electron chi connectivity index (χ0n) is 9.75. The second kappa shape index (κ2) is 5.99. The number of carbonyl (C=O) groups excluding carboxylic acids is 1. The predicted molar refractivity (Wildman–Crippen MR) is 80.2 cm³/mol. The van der Waals surface area contributed by atoms with E-state index in [4.69, 9.17) is 23.2 Å². The number of phenols is 1. The van der Waals surface area contributed by atoms with Crippen molar-refractivity contribution in [2.75, 3.05) is 5.32 Å². The summed E-state index contributed by atoms with van der Waals surface area (Å²) in [6, 6.07) is 7.01. The molecule has 7 heteroatoms. The maximum atomic E-state index is 13.8. The summed E-state index contributed by atoms with van der Waals surface area (Å²) < 4.78 is 14.0. The molecule has 0 heterocycles. The van der Waals surface area contributed by atoms with E-state index in [0.29, 0.717) is 0 Å². The van der Waals surface area contributed by atoms with E-state index in [0.717, 1.165) is 0 Å². The van der Waals surface area contributed by atoms with Crippen LogP contribution in [0.2, 0.25) is 10.0 Å². The van der Waals surface area contributed by atoms with Crippen LogP contribution in [0.4, 0.5) is 10.1 Å². The van der Waals surface area contributed by atoms with E-state index in [-0.39, 0.29) is 31.5 Å². The first-order chi connectivity index (χ1) is 9.40.